The van der Waals surface area contributed by atoms with Crippen LogP contribution >= 0.6 is 0 Å². The van der Waals surface area contributed by atoms with E-state index in [9.17, 15) is 4.79 Å². The van der Waals surface area contributed by atoms with Gasteiger partial charge in [0.1, 0.15) is 5.75 Å². The Morgan fingerprint density at radius 3 is 2.24 bits per heavy atom. The van der Waals surface area contributed by atoms with Crippen molar-refractivity contribution in [2.45, 2.75) is 33.7 Å². The number of aryl methyl sites for hydroxylation is 2. The van der Waals surface area contributed by atoms with Crippen molar-refractivity contribution in [2.75, 3.05) is 7.11 Å². The Bertz CT molecular complexity index is 424. The summed E-state index contributed by atoms with van der Waals surface area (Å²) in [6, 6.07) is 3.26. The second-order valence-electron chi connectivity index (χ2n) is 4.77. The number of methoxy groups -OCH3 is 1. The van der Waals surface area contributed by atoms with Crippen LogP contribution in [0.25, 0.3) is 0 Å². The topological polar surface area (TPSA) is 52.3 Å². The van der Waals surface area contributed by atoms with Gasteiger partial charge in [-0.2, -0.15) is 0 Å². The van der Waals surface area contributed by atoms with E-state index in [0.29, 0.717) is 11.3 Å². The first-order valence-corrected chi connectivity index (χ1v) is 5.83. The number of benzene rings is 1. The molecule has 0 radical (unpaired) electrons. The summed E-state index contributed by atoms with van der Waals surface area (Å²) in [6.07, 6.45) is 0. The molecule has 0 bridgehead atoms. The van der Waals surface area contributed by atoms with Crippen molar-refractivity contribution in [1.82, 2.24) is 0 Å². The van der Waals surface area contributed by atoms with Crippen molar-refractivity contribution in [3.05, 3.63) is 28.8 Å². The van der Waals surface area contributed by atoms with Crippen molar-refractivity contribution in [1.29, 1.82) is 0 Å². The zero-order chi connectivity index (χ0) is 13.2. The molecule has 1 rings (SSSR count). The van der Waals surface area contributed by atoms with Crippen LogP contribution in [0.4, 0.5) is 0 Å². The van der Waals surface area contributed by atoms with E-state index < -0.39 is 6.04 Å². The van der Waals surface area contributed by atoms with Gasteiger partial charge in [-0.15, -0.1) is 0 Å². The van der Waals surface area contributed by atoms with Crippen molar-refractivity contribution >= 4 is 5.78 Å². The van der Waals surface area contributed by atoms with Crippen molar-refractivity contribution in [2.24, 2.45) is 11.7 Å². The second kappa shape index (κ2) is 5.32. The molecule has 17 heavy (non-hydrogen) atoms. The zero-order valence-corrected chi connectivity index (χ0v) is 11.2. The van der Waals surface area contributed by atoms with E-state index in [-0.39, 0.29) is 11.7 Å². The van der Waals surface area contributed by atoms with Crippen LogP contribution in [0.2, 0.25) is 0 Å². The van der Waals surface area contributed by atoms with Gasteiger partial charge in [-0.1, -0.05) is 13.8 Å². The molecule has 0 aliphatic rings. The SMILES string of the molecule is COc1cc(C)c(C)cc1C(=O)C(N)C(C)C. The Hall–Kier alpha value is -1.35. The minimum atomic E-state index is -0.481. The highest BCUT2D eigenvalue weighted by molar-refractivity contribution is 6.02. The first-order valence-electron chi connectivity index (χ1n) is 5.83. The summed E-state index contributed by atoms with van der Waals surface area (Å²) in [5.41, 5.74) is 8.66. The maximum atomic E-state index is 12.2. The number of hydrogen-bond acceptors (Lipinski definition) is 3. The van der Waals surface area contributed by atoms with E-state index >= 15 is 0 Å². The van der Waals surface area contributed by atoms with Gasteiger partial charge in [-0.3, -0.25) is 4.79 Å². The third kappa shape index (κ3) is 2.86. The number of ether oxygens (including phenoxy) is 1. The summed E-state index contributed by atoms with van der Waals surface area (Å²) >= 11 is 0. The highest BCUT2D eigenvalue weighted by Crippen LogP contribution is 2.25. The van der Waals surface area contributed by atoms with E-state index in [0.717, 1.165) is 11.1 Å². The standard InChI is InChI=1S/C14H21NO2/c1-8(2)13(15)14(16)11-6-9(3)10(4)7-12(11)17-5/h6-8,13H,15H2,1-5H3. The average Bonchev–Trinajstić information content (AvgIpc) is 2.29. The normalized spacial score (nSPS) is 12.6. The molecule has 0 aromatic heterocycles. The molecule has 3 nitrogen and oxygen atoms in total. The van der Waals surface area contributed by atoms with E-state index in [1.54, 1.807) is 7.11 Å². The van der Waals surface area contributed by atoms with Gasteiger partial charge >= 0.3 is 0 Å². The number of ketones is 1. The van der Waals surface area contributed by atoms with Crippen LogP contribution < -0.4 is 10.5 Å². The molecule has 0 amide bonds. The molecule has 94 valence electrons. The number of nitrogens with two attached hydrogens (primary N) is 1. The van der Waals surface area contributed by atoms with Gasteiger partial charge in [0.25, 0.3) is 0 Å². The summed E-state index contributed by atoms with van der Waals surface area (Å²) in [4.78, 5) is 12.2. The molecule has 0 saturated carbocycles. The molecular formula is C14H21NO2. The van der Waals surface area contributed by atoms with Crippen LogP contribution in [0.1, 0.15) is 35.3 Å². The Kier molecular flexibility index (Phi) is 4.29. The predicted octanol–water partition coefficient (Wildman–Crippen LogP) is 2.48. The fraction of sp³-hybridized carbons (Fsp3) is 0.500. The first kappa shape index (κ1) is 13.7. The molecule has 1 aromatic carbocycles. The third-order valence-electron chi connectivity index (χ3n) is 3.10. The number of rotatable bonds is 4. The van der Waals surface area contributed by atoms with Crippen LogP contribution in [-0.4, -0.2) is 18.9 Å². The fourth-order valence-corrected chi connectivity index (χ4v) is 1.63. The molecule has 1 aromatic rings. The van der Waals surface area contributed by atoms with Gasteiger partial charge < -0.3 is 10.5 Å². The van der Waals surface area contributed by atoms with Gasteiger partial charge in [0.2, 0.25) is 0 Å². The molecule has 0 spiro atoms. The average molecular weight is 235 g/mol. The maximum absolute atomic E-state index is 12.2. The van der Waals surface area contributed by atoms with Crippen molar-refractivity contribution in [3.8, 4) is 5.75 Å². The number of carbonyl (C=O) groups excluding carboxylic acids is 1. The van der Waals surface area contributed by atoms with E-state index in [1.165, 1.54) is 0 Å². The number of hydrogen-bond donors (Lipinski definition) is 1. The first-order chi connectivity index (χ1) is 7.88. The smallest absolute Gasteiger partial charge is 0.183 e. The van der Waals surface area contributed by atoms with Crippen LogP contribution in [0.5, 0.6) is 5.75 Å². The maximum Gasteiger partial charge on any atom is 0.183 e. The summed E-state index contributed by atoms with van der Waals surface area (Å²) in [7, 11) is 1.57. The van der Waals surface area contributed by atoms with Gasteiger partial charge in [-0.05, 0) is 43.0 Å². The lowest BCUT2D eigenvalue weighted by Crippen LogP contribution is -2.35. The lowest BCUT2D eigenvalue weighted by atomic mass is 9.93. The summed E-state index contributed by atoms with van der Waals surface area (Å²) in [6.45, 7) is 7.85. The minimum Gasteiger partial charge on any atom is -0.496 e. The molecular weight excluding hydrogens is 214 g/mol. The summed E-state index contributed by atoms with van der Waals surface area (Å²) in [5.74, 6) is 0.669. The lowest BCUT2D eigenvalue weighted by Gasteiger charge is -2.17. The summed E-state index contributed by atoms with van der Waals surface area (Å²) < 4.78 is 5.26. The molecule has 0 aliphatic heterocycles. The Morgan fingerprint density at radius 1 is 1.24 bits per heavy atom. The molecule has 1 unspecified atom stereocenters. The molecule has 3 heteroatoms. The van der Waals surface area contributed by atoms with Gasteiger partial charge in [0, 0.05) is 0 Å². The van der Waals surface area contributed by atoms with E-state index in [2.05, 4.69) is 0 Å². The van der Waals surface area contributed by atoms with E-state index in [4.69, 9.17) is 10.5 Å². The molecule has 2 N–H and O–H groups in total. The molecule has 1 atom stereocenters. The molecule has 0 aliphatic carbocycles. The van der Waals surface area contributed by atoms with E-state index in [1.807, 2.05) is 39.8 Å². The molecule has 0 saturated heterocycles. The molecule has 0 fully saturated rings. The fourth-order valence-electron chi connectivity index (χ4n) is 1.63. The Labute approximate surface area is 103 Å². The third-order valence-corrected chi connectivity index (χ3v) is 3.10. The monoisotopic (exact) mass is 235 g/mol. The quantitative estimate of drug-likeness (QED) is 0.816. The predicted molar refractivity (Wildman–Crippen MR) is 69.6 cm³/mol. The van der Waals surface area contributed by atoms with Crippen molar-refractivity contribution in [3.63, 3.8) is 0 Å². The number of Topliss-reactive ketones (excluding diaryl/α,β-unsaturated/α-hetero) is 1. The van der Waals surface area contributed by atoms with Gasteiger partial charge in [0.05, 0.1) is 18.7 Å². The summed E-state index contributed by atoms with van der Waals surface area (Å²) in [5, 5.41) is 0. The lowest BCUT2D eigenvalue weighted by molar-refractivity contribution is 0.0937. The highest BCUT2D eigenvalue weighted by Gasteiger charge is 2.22. The van der Waals surface area contributed by atoms with Crippen molar-refractivity contribution < 1.29 is 9.53 Å². The highest BCUT2D eigenvalue weighted by atomic mass is 16.5. The second-order valence-corrected chi connectivity index (χ2v) is 4.77. The van der Waals surface area contributed by atoms with Crippen LogP contribution in [0.3, 0.4) is 0 Å². The Morgan fingerprint density at radius 2 is 1.76 bits per heavy atom. The minimum absolute atomic E-state index is 0.0556. The van der Waals surface area contributed by atoms with Crippen LogP contribution in [0, 0.1) is 19.8 Å². The molecule has 0 heterocycles. The van der Waals surface area contributed by atoms with Crippen LogP contribution in [0.15, 0.2) is 12.1 Å². The van der Waals surface area contributed by atoms with Gasteiger partial charge in [-0.25, -0.2) is 0 Å². The Balaban J connectivity index is 3.21. The number of carbonyl (C=O) groups is 1. The largest absolute Gasteiger partial charge is 0.496 e. The van der Waals surface area contributed by atoms with Gasteiger partial charge in [0.15, 0.2) is 5.78 Å². The van der Waals surface area contributed by atoms with Crippen LogP contribution in [-0.2, 0) is 0 Å². The zero-order valence-electron chi connectivity index (χ0n) is 11.2.